The predicted octanol–water partition coefficient (Wildman–Crippen LogP) is 4.11. The summed E-state index contributed by atoms with van der Waals surface area (Å²) in [5.74, 6) is 0. The van der Waals surface area contributed by atoms with Gasteiger partial charge in [-0.1, -0.05) is 43.0 Å². The highest BCUT2D eigenvalue weighted by Gasteiger charge is 2.07. The van der Waals surface area contributed by atoms with Crippen molar-refractivity contribution in [2.24, 2.45) is 0 Å². The molecular formula is C15H20O. The minimum absolute atomic E-state index is 0.260. The monoisotopic (exact) mass is 216 g/mol. The largest absolute Gasteiger partial charge is 0.499 e. The molecule has 1 nitrogen and oxygen atoms in total. The van der Waals surface area contributed by atoms with Gasteiger partial charge in [-0.05, 0) is 31.2 Å². The third-order valence-electron chi connectivity index (χ3n) is 2.58. The summed E-state index contributed by atoms with van der Waals surface area (Å²) < 4.78 is 5.48. The van der Waals surface area contributed by atoms with Gasteiger partial charge in [0, 0.05) is 0 Å². The zero-order valence-electron chi connectivity index (χ0n) is 9.77. The van der Waals surface area contributed by atoms with Crippen molar-refractivity contribution >= 4 is 0 Å². The highest BCUT2D eigenvalue weighted by Crippen LogP contribution is 2.12. The molecule has 0 bridgehead atoms. The molecule has 1 aromatic carbocycles. The Balaban J connectivity index is 2.36. The average Bonchev–Trinajstić information content (AvgIpc) is 2.34. The Kier molecular flexibility index (Phi) is 6.09. The maximum absolute atomic E-state index is 5.48. The minimum atomic E-state index is 0.260. The third-order valence-corrected chi connectivity index (χ3v) is 2.58. The van der Waals surface area contributed by atoms with Crippen molar-refractivity contribution in [1.82, 2.24) is 0 Å². The summed E-state index contributed by atoms with van der Waals surface area (Å²) in [6.07, 6.45) is 7.83. The van der Waals surface area contributed by atoms with E-state index < -0.39 is 0 Å². The molecule has 1 heteroatoms. The van der Waals surface area contributed by atoms with Crippen molar-refractivity contribution in [3.05, 3.63) is 61.4 Å². The molecule has 1 aromatic rings. The lowest BCUT2D eigenvalue weighted by molar-refractivity contribution is 0.129. The van der Waals surface area contributed by atoms with E-state index >= 15 is 0 Å². The van der Waals surface area contributed by atoms with Crippen molar-refractivity contribution < 1.29 is 4.74 Å². The van der Waals surface area contributed by atoms with Crippen LogP contribution < -0.4 is 0 Å². The lowest BCUT2D eigenvalue weighted by Gasteiger charge is -2.15. The van der Waals surface area contributed by atoms with Crippen LogP contribution in [0.5, 0.6) is 0 Å². The van der Waals surface area contributed by atoms with Gasteiger partial charge in [0.15, 0.2) is 0 Å². The Morgan fingerprint density at radius 2 is 1.88 bits per heavy atom. The van der Waals surface area contributed by atoms with Gasteiger partial charge in [-0.3, -0.25) is 0 Å². The molecule has 1 rings (SSSR count). The molecule has 0 spiro atoms. The van der Waals surface area contributed by atoms with Gasteiger partial charge in [0.05, 0.1) is 12.4 Å². The fourth-order valence-electron chi connectivity index (χ4n) is 1.69. The van der Waals surface area contributed by atoms with Crippen molar-refractivity contribution in [1.29, 1.82) is 0 Å². The van der Waals surface area contributed by atoms with E-state index in [1.807, 2.05) is 12.1 Å². The first-order valence-electron chi connectivity index (χ1n) is 5.78. The van der Waals surface area contributed by atoms with E-state index in [0.717, 1.165) is 25.7 Å². The van der Waals surface area contributed by atoms with Gasteiger partial charge < -0.3 is 4.74 Å². The zero-order valence-corrected chi connectivity index (χ0v) is 9.77. The summed E-state index contributed by atoms with van der Waals surface area (Å²) in [4.78, 5) is 0. The number of ether oxygens (including phenoxy) is 1. The van der Waals surface area contributed by atoms with Crippen LogP contribution in [0.3, 0.4) is 0 Å². The summed E-state index contributed by atoms with van der Waals surface area (Å²) >= 11 is 0. The minimum Gasteiger partial charge on any atom is -0.499 e. The number of allylic oxidation sites excluding steroid dienone is 1. The first kappa shape index (κ1) is 12.6. The molecule has 0 heterocycles. The molecule has 1 unspecified atom stereocenters. The lowest BCUT2D eigenvalue weighted by atomic mass is 10.0. The average molecular weight is 216 g/mol. The van der Waals surface area contributed by atoms with Gasteiger partial charge in [-0.2, -0.15) is 0 Å². The van der Waals surface area contributed by atoms with E-state index in [1.54, 1.807) is 6.26 Å². The molecule has 1 atom stereocenters. The molecule has 16 heavy (non-hydrogen) atoms. The van der Waals surface area contributed by atoms with E-state index in [4.69, 9.17) is 4.74 Å². The second-order valence-corrected chi connectivity index (χ2v) is 3.82. The number of hydrogen-bond acceptors (Lipinski definition) is 1. The Labute approximate surface area is 98.5 Å². The molecule has 0 aliphatic heterocycles. The first-order chi connectivity index (χ1) is 7.86. The fourth-order valence-corrected chi connectivity index (χ4v) is 1.69. The lowest BCUT2D eigenvalue weighted by Crippen LogP contribution is -2.10. The van der Waals surface area contributed by atoms with Crippen molar-refractivity contribution in [3.63, 3.8) is 0 Å². The van der Waals surface area contributed by atoms with Crippen molar-refractivity contribution in [3.8, 4) is 0 Å². The molecule has 86 valence electrons. The van der Waals surface area contributed by atoms with Crippen LogP contribution in [0.25, 0.3) is 0 Å². The molecule has 0 N–H and O–H groups in total. The van der Waals surface area contributed by atoms with E-state index in [1.165, 1.54) is 5.56 Å². The summed E-state index contributed by atoms with van der Waals surface area (Å²) in [7, 11) is 0. The number of benzene rings is 1. The third kappa shape index (κ3) is 4.83. The van der Waals surface area contributed by atoms with Crippen LogP contribution in [0.15, 0.2) is 55.8 Å². The van der Waals surface area contributed by atoms with Gasteiger partial charge >= 0.3 is 0 Å². The zero-order chi connectivity index (χ0) is 11.6. The van der Waals surface area contributed by atoms with E-state index in [0.29, 0.717) is 0 Å². The molecular weight excluding hydrogens is 196 g/mol. The summed E-state index contributed by atoms with van der Waals surface area (Å²) in [6.45, 7) is 7.35. The highest BCUT2D eigenvalue weighted by molar-refractivity contribution is 5.14. The van der Waals surface area contributed by atoms with Gasteiger partial charge in [0.1, 0.15) is 0 Å². The first-order valence-corrected chi connectivity index (χ1v) is 5.78. The molecule has 0 aliphatic rings. The van der Waals surface area contributed by atoms with Gasteiger partial charge in [0.25, 0.3) is 0 Å². The van der Waals surface area contributed by atoms with Gasteiger partial charge in [0.2, 0.25) is 0 Å². The molecule has 0 aliphatic carbocycles. The summed E-state index contributed by atoms with van der Waals surface area (Å²) in [5, 5.41) is 0. The molecule has 0 saturated heterocycles. The summed E-state index contributed by atoms with van der Waals surface area (Å²) in [5.41, 5.74) is 1.36. The fraction of sp³-hybridized carbons (Fsp3) is 0.333. The quantitative estimate of drug-likeness (QED) is 0.469. The van der Waals surface area contributed by atoms with Crippen LogP contribution in [0.4, 0.5) is 0 Å². The summed E-state index contributed by atoms with van der Waals surface area (Å²) in [6, 6.07) is 10.5. The molecule has 0 amide bonds. The van der Waals surface area contributed by atoms with Crippen molar-refractivity contribution in [2.45, 2.75) is 31.8 Å². The van der Waals surface area contributed by atoms with Gasteiger partial charge in [-0.15, -0.1) is 6.58 Å². The Morgan fingerprint density at radius 3 is 2.50 bits per heavy atom. The second kappa shape index (κ2) is 7.75. The number of hydrogen-bond donors (Lipinski definition) is 0. The van der Waals surface area contributed by atoms with Crippen molar-refractivity contribution in [2.75, 3.05) is 0 Å². The van der Waals surface area contributed by atoms with Crippen LogP contribution in [0.2, 0.25) is 0 Å². The molecule has 0 saturated carbocycles. The normalized spacial score (nSPS) is 11.8. The Hall–Kier alpha value is -1.50. The predicted molar refractivity (Wildman–Crippen MR) is 69.3 cm³/mol. The van der Waals surface area contributed by atoms with E-state index in [2.05, 4.69) is 37.4 Å². The van der Waals surface area contributed by atoms with Crippen LogP contribution in [-0.2, 0) is 11.2 Å². The van der Waals surface area contributed by atoms with Crippen LogP contribution in [0, 0.1) is 0 Å². The van der Waals surface area contributed by atoms with E-state index in [-0.39, 0.29) is 6.10 Å². The molecule has 0 radical (unpaired) electrons. The van der Waals surface area contributed by atoms with Crippen LogP contribution in [0.1, 0.15) is 24.8 Å². The Morgan fingerprint density at radius 1 is 1.12 bits per heavy atom. The Bertz CT molecular complexity index is 302. The maximum Gasteiger partial charge on any atom is 0.0984 e. The maximum atomic E-state index is 5.48. The molecule has 0 fully saturated rings. The van der Waals surface area contributed by atoms with Crippen LogP contribution in [-0.4, -0.2) is 6.10 Å². The molecule has 0 aromatic heterocycles. The highest BCUT2D eigenvalue weighted by atomic mass is 16.5. The second-order valence-electron chi connectivity index (χ2n) is 3.82. The van der Waals surface area contributed by atoms with Crippen LogP contribution >= 0.6 is 0 Å². The SMILES string of the molecule is C=CCCC(CCc1ccccc1)OC=C. The van der Waals surface area contributed by atoms with Gasteiger partial charge in [-0.25, -0.2) is 0 Å². The standard InChI is InChI=1S/C15H20O/c1-3-5-11-15(16-4-2)13-12-14-9-7-6-8-10-14/h3-4,6-10,15H,1-2,5,11-13H2. The van der Waals surface area contributed by atoms with E-state index in [9.17, 15) is 0 Å². The number of aryl methyl sites for hydroxylation is 1. The smallest absolute Gasteiger partial charge is 0.0984 e. The number of rotatable bonds is 8. The topological polar surface area (TPSA) is 9.23 Å².